The van der Waals surface area contributed by atoms with Gasteiger partial charge in [0.25, 0.3) is 0 Å². The number of benzene rings is 2. The molecule has 0 spiro atoms. The van der Waals surface area contributed by atoms with Gasteiger partial charge in [-0.2, -0.15) is 0 Å². The number of aliphatic hydroxyl groups excluding tert-OH is 1. The van der Waals surface area contributed by atoms with Crippen molar-refractivity contribution in [1.82, 2.24) is 4.90 Å². The Kier molecular flexibility index (Phi) is 3.77. The summed E-state index contributed by atoms with van der Waals surface area (Å²) in [6, 6.07) is 16.7. The van der Waals surface area contributed by atoms with Gasteiger partial charge in [0.1, 0.15) is 0 Å². The molecule has 2 aromatic rings. The van der Waals surface area contributed by atoms with Crippen LogP contribution in [0.3, 0.4) is 0 Å². The minimum Gasteiger partial charge on any atom is -0.394 e. The summed E-state index contributed by atoms with van der Waals surface area (Å²) < 4.78 is 0. The van der Waals surface area contributed by atoms with E-state index < -0.39 is 0 Å². The summed E-state index contributed by atoms with van der Waals surface area (Å²) in [7, 11) is 0. The van der Waals surface area contributed by atoms with Crippen LogP contribution in [0.25, 0.3) is 11.1 Å². The molecule has 2 aliphatic rings. The number of nitrogens with zero attached hydrogens (tertiary/aromatic N) is 1. The molecule has 0 aliphatic carbocycles. The lowest BCUT2D eigenvalue weighted by atomic mass is 9.82. The molecule has 0 aromatic heterocycles. The molecule has 4 nitrogen and oxygen atoms in total. The summed E-state index contributed by atoms with van der Waals surface area (Å²) >= 11 is 0. The molecule has 0 bridgehead atoms. The van der Waals surface area contributed by atoms with Gasteiger partial charge in [-0.15, -0.1) is 0 Å². The van der Waals surface area contributed by atoms with Crippen LogP contribution in [0.15, 0.2) is 48.5 Å². The lowest BCUT2D eigenvalue weighted by molar-refractivity contribution is -0.130. The molecule has 2 aliphatic heterocycles. The smallest absolute Gasteiger partial charge is 0.219 e. The fraction of sp³-hybridized carbons (Fsp3) is 0.350. The van der Waals surface area contributed by atoms with Crippen molar-refractivity contribution in [2.45, 2.75) is 25.4 Å². The summed E-state index contributed by atoms with van der Waals surface area (Å²) in [5.74, 6) is 0.370. The van der Waals surface area contributed by atoms with E-state index in [1.165, 1.54) is 11.1 Å². The first-order chi connectivity index (χ1) is 11.7. The van der Waals surface area contributed by atoms with Gasteiger partial charge in [-0.3, -0.25) is 4.79 Å². The molecular weight excluding hydrogens is 300 g/mol. The fourth-order valence-electron chi connectivity index (χ4n) is 4.23. The largest absolute Gasteiger partial charge is 0.394 e. The molecule has 4 heteroatoms. The molecule has 2 heterocycles. The van der Waals surface area contributed by atoms with Crippen molar-refractivity contribution in [3.63, 3.8) is 0 Å². The third-order valence-corrected chi connectivity index (χ3v) is 5.38. The standard InChI is InChI=1S/C20H22N2O2/c1-13(24)22-10-9-16-19(12-23)21-18-8-7-15(11-17(18)20(16)22)14-5-3-2-4-6-14/h2-8,11,16,19-21,23H,9-10,12H2,1H3/t16-,19-,20-/m0/s1. The number of fused-ring (bicyclic) bond motifs is 3. The second-order valence-electron chi connectivity index (χ2n) is 6.71. The number of nitrogens with one attached hydrogen (secondary N) is 1. The van der Waals surface area contributed by atoms with Crippen molar-refractivity contribution in [2.24, 2.45) is 5.92 Å². The van der Waals surface area contributed by atoms with Crippen LogP contribution in [0, 0.1) is 5.92 Å². The molecule has 2 aromatic carbocycles. The van der Waals surface area contributed by atoms with Gasteiger partial charge in [0.05, 0.1) is 18.7 Å². The number of rotatable bonds is 2. The van der Waals surface area contributed by atoms with E-state index in [1.54, 1.807) is 6.92 Å². The van der Waals surface area contributed by atoms with E-state index >= 15 is 0 Å². The van der Waals surface area contributed by atoms with E-state index in [0.29, 0.717) is 0 Å². The van der Waals surface area contributed by atoms with Crippen molar-refractivity contribution in [3.05, 3.63) is 54.1 Å². The molecule has 0 radical (unpaired) electrons. The van der Waals surface area contributed by atoms with Crippen LogP contribution in [0.1, 0.15) is 24.9 Å². The van der Waals surface area contributed by atoms with Crippen molar-refractivity contribution in [3.8, 4) is 11.1 Å². The van der Waals surface area contributed by atoms with Crippen LogP contribution < -0.4 is 5.32 Å². The summed E-state index contributed by atoms with van der Waals surface area (Å²) in [6.07, 6.45) is 0.928. The summed E-state index contributed by atoms with van der Waals surface area (Å²) in [5, 5.41) is 13.2. The highest BCUT2D eigenvalue weighted by molar-refractivity contribution is 5.76. The molecule has 1 fully saturated rings. The van der Waals surface area contributed by atoms with Crippen LogP contribution in [0.2, 0.25) is 0 Å². The number of aliphatic hydroxyl groups is 1. The van der Waals surface area contributed by atoms with Gasteiger partial charge < -0.3 is 15.3 Å². The number of hydrogen-bond donors (Lipinski definition) is 2. The van der Waals surface area contributed by atoms with E-state index in [9.17, 15) is 9.90 Å². The van der Waals surface area contributed by atoms with Crippen molar-refractivity contribution in [2.75, 3.05) is 18.5 Å². The minimum atomic E-state index is 0.00873. The zero-order chi connectivity index (χ0) is 16.7. The lowest BCUT2D eigenvalue weighted by Gasteiger charge is -2.39. The van der Waals surface area contributed by atoms with Crippen LogP contribution in [0.5, 0.6) is 0 Å². The molecule has 0 unspecified atom stereocenters. The Morgan fingerprint density at radius 2 is 2.00 bits per heavy atom. The zero-order valence-corrected chi connectivity index (χ0v) is 13.8. The maximum atomic E-state index is 12.1. The SMILES string of the molecule is CC(=O)N1CC[C@H]2[C@H](CO)Nc3ccc(-c4ccccc4)cc3[C@H]21. The first kappa shape index (κ1) is 15.2. The Bertz CT molecular complexity index is 759. The summed E-state index contributed by atoms with van der Waals surface area (Å²) in [6.45, 7) is 2.49. The molecular formula is C20H22N2O2. The molecule has 3 atom stereocenters. The summed E-state index contributed by atoms with van der Waals surface area (Å²) in [5.41, 5.74) is 4.53. The Hall–Kier alpha value is -2.33. The van der Waals surface area contributed by atoms with Gasteiger partial charge in [-0.1, -0.05) is 36.4 Å². The van der Waals surface area contributed by atoms with Crippen molar-refractivity contribution < 1.29 is 9.90 Å². The Morgan fingerprint density at radius 3 is 2.71 bits per heavy atom. The first-order valence-electron chi connectivity index (χ1n) is 8.53. The van der Waals surface area contributed by atoms with Crippen molar-refractivity contribution >= 4 is 11.6 Å². The molecule has 4 rings (SSSR count). The average molecular weight is 322 g/mol. The van der Waals surface area contributed by atoms with Gasteiger partial charge in [0, 0.05) is 25.1 Å². The number of carbonyl (C=O) groups excluding carboxylic acids is 1. The van der Waals surface area contributed by atoms with Crippen LogP contribution >= 0.6 is 0 Å². The first-order valence-corrected chi connectivity index (χ1v) is 8.53. The van der Waals surface area contributed by atoms with Gasteiger partial charge in [-0.25, -0.2) is 0 Å². The van der Waals surface area contributed by atoms with Crippen LogP contribution in [-0.2, 0) is 4.79 Å². The van der Waals surface area contributed by atoms with E-state index in [-0.39, 0.29) is 30.5 Å². The van der Waals surface area contributed by atoms with Gasteiger partial charge >= 0.3 is 0 Å². The molecule has 2 N–H and O–H groups in total. The predicted octanol–water partition coefficient (Wildman–Crippen LogP) is 3.05. The lowest BCUT2D eigenvalue weighted by Crippen LogP contribution is -2.42. The predicted molar refractivity (Wildman–Crippen MR) is 94.6 cm³/mol. The molecule has 0 saturated carbocycles. The van der Waals surface area contributed by atoms with Gasteiger partial charge in [0.2, 0.25) is 5.91 Å². The van der Waals surface area contributed by atoms with Crippen LogP contribution in [0.4, 0.5) is 5.69 Å². The third-order valence-electron chi connectivity index (χ3n) is 5.38. The molecule has 124 valence electrons. The minimum absolute atomic E-state index is 0.00873. The maximum absolute atomic E-state index is 12.1. The maximum Gasteiger partial charge on any atom is 0.219 e. The van der Waals surface area contributed by atoms with Crippen LogP contribution in [-0.4, -0.2) is 35.1 Å². The van der Waals surface area contributed by atoms with E-state index in [1.807, 2.05) is 23.1 Å². The highest BCUT2D eigenvalue weighted by atomic mass is 16.3. The Balaban J connectivity index is 1.81. The molecule has 1 saturated heterocycles. The van der Waals surface area contributed by atoms with E-state index in [4.69, 9.17) is 0 Å². The van der Waals surface area contributed by atoms with E-state index in [0.717, 1.165) is 24.2 Å². The highest BCUT2D eigenvalue weighted by Crippen LogP contribution is 2.47. The topological polar surface area (TPSA) is 52.6 Å². The van der Waals surface area contributed by atoms with Gasteiger partial charge in [-0.05, 0) is 35.2 Å². The number of anilines is 1. The normalized spacial score (nSPS) is 24.9. The van der Waals surface area contributed by atoms with E-state index in [2.05, 4.69) is 35.6 Å². The third kappa shape index (κ3) is 2.38. The zero-order valence-electron chi connectivity index (χ0n) is 13.8. The average Bonchev–Trinajstić information content (AvgIpc) is 3.07. The quantitative estimate of drug-likeness (QED) is 0.893. The second kappa shape index (κ2) is 5.95. The van der Waals surface area contributed by atoms with Crippen molar-refractivity contribution in [1.29, 1.82) is 0 Å². The monoisotopic (exact) mass is 322 g/mol. The molecule has 24 heavy (non-hydrogen) atoms. The van der Waals surface area contributed by atoms with Gasteiger partial charge in [0.15, 0.2) is 0 Å². The fourth-order valence-corrected chi connectivity index (χ4v) is 4.23. The number of amides is 1. The number of carbonyl (C=O) groups is 1. The molecule has 1 amide bonds. The second-order valence-corrected chi connectivity index (χ2v) is 6.71. The highest BCUT2D eigenvalue weighted by Gasteiger charge is 2.44. The number of likely N-dealkylation sites (tertiary alicyclic amines) is 1. The number of hydrogen-bond acceptors (Lipinski definition) is 3. The Labute approximate surface area is 142 Å². The summed E-state index contributed by atoms with van der Waals surface area (Å²) in [4.78, 5) is 14.1. The Morgan fingerprint density at radius 1 is 1.21 bits per heavy atom.